The van der Waals surface area contributed by atoms with E-state index in [2.05, 4.69) is 15.0 Å². The van der Waals surface area contributed by atoms with Crippen LogP contribution in [-0.4, -0.2) is 34.5 Å². The molecule has 78 valence electrons. The molecule has 0 aromatic carbocycles. The fourth-order valence-electron chi connectivity index (χ4n) is 1.95. The zero-order valence-corrected chi connectivity index (χ0v) is 8.36. The Kier molecular flexibility index (Phi) is 2.65. The van der Waals surface area contributed by atoms with Crippen molar-refractivity contribution < 1.29 is 4.39 Å². The Morgan fingerprint density at radius 2 is 2.50 bits per heavy atom. The molecule has 1 fully saturated rings. The van der Waals surface area contributed by atoms with E-state index in [1.54, 1.807) is 4.68 Å². The normalized spacial score (nSPS) is 22.7. The monoisotopic (exact) mass is 198 g/mol. The van der Waals surface area contributed by atoms with E-state index in [-0.39, 0.29) is 12.6 Å². The van der Waals surface area contributed by atoms with Crippen molar-refractivity contribution in [3.8, 4) is 0 Å². The molecular formula is C9H15FN4. The van der Waals surface area contributed by atoms with Crippen LogP contribution in [0.1, 0.15) is 12.8 Å². The topological polar surface area (TPSA) is 34.0 Å². The van der Waals surface area contributed by atoms with Crippen molar-refractivity contribution >= 4 is 5.95 Å². The summed E-state index contributed by atoms with van der Waals surface area (Å²) in [4.78, 5) is 6.28. The lowest BCUT2D eigenvalue weighted by Gasteiger charge is -2.31. The molecule has 2 rings (SSSR count). The lowest BCUT2D eigenvalue weighted by Crippen LogP contribution is -2.37. The van der Waals surface area contributed by atoms with E-state index in [0.29, 0.717) is 0 Å². The van der Waals surface area contributed by atoms with E-state index < -0.39 is 0 Å². The van der Waals surface area contributed by atoms with Crippen LogP contribution in [0.15, 0.2) is 6.33 Å². The van der Waals surface area contributed by atoms with Gasteiger partial charge in [-0.15, -0.1) is 0 Å². The van der Waals surface area contributed by atoms with Crippen molar-refractivity contribution in [2.24, 2.45) is 13.0 Å². The van der Waals surface area contributed by atoms with Gasteiger partial charge < -0.3 is 4.90 Å². The average Bonchev–Trinajstić information content (AvgIpc) is 2.65. The molecule has 0 spiro atoms. The second-order valence-electron chi connectivity index (χ2n) is 3.79. The molecule has 14 heavy (non-hydrogen) atoms. The molecule has 0 N–H and O–H groups in total. The van der Waals surface area contributed by atoms with E-state index in [9.17, 15) is 4.39 Å². The zero-order valence-electron chi connectivity index (χ0n) is 8.36. The largest absolute Gasteiger partial charge is 0.341 e. The Morgan fingerprint density at radius 3 is 3.14 bits per heavy atom. The zero-order chi connectivity index (χ0) is 9.97. The van der Waals surface area contributed by atoms with Crippen LogP contribution in [0.4, 0.5) is 10.3 Å². The van der Waals surface area contributed by atoms with Gasteiger partial charge in [0.2, 0.25) is 5.95 Å². The van der Waals surface area contributed by atoms with Crippen LogP contribution in [0, 0.1) is 5.92 Å². The number of hydrogen-bond donors (Lipinski definition) is 0. The molecule has 1 aromatic rings. The van der Waals surface area contributed by atoms with Crippen LogP contribution in [-0.2, 0) is 7.05 Å². The summed E-state index contributed by atoms with van der Waals surface area (Å²) in [5.74, 6) is 1.02. The molecule has 1 saturated heterocycles. The van der Waals surface area contributed by atoms with E-state index in [1.807, 2.05) is 7.05 Å². The van der Waals surface area contributed by atoms with E-state index in [4.69, 9.17) is 0 Å². The number of anilines is 1. The lowest BCUT2D eigenvalue weighted by atomic mass is 10.00. The molecular weight excluding hydrogens is 183 g/mol. The van der Waals surface area contributed by atoms with Crippen LogP contribution in [0.5, 0.6) is 0 Å². The maximum Gasteiger partial charge on any atom is 0.223 e. The summed E-state index contributed by atoms with van der Waals surface area (Å²) < 4.78 is 14.3. The van der Waals surface area contributed by atoms with Crippen molar-refractivity contribution in [1.29, 1.82) is 0 Å². The molecule has 0 saturated carbocycles. The number of nitrogens with zero attached hydrogens (tertiary/aromatic N) is 4. The van der Waals surface area contributed by atoms with Crippen LogP contribution >= 0.6 is 0 Å². The molecule has 1 atom stereocenters. The maximum atomic E-state index is 12.5. The fraction of sp³-hybridized carbons (Fsp3) is 0.778. The molecule has 4 nitrogen and oxygen atoms in total. The molecule has 0 bridgehead atoms. The molecule has 1 aromatic heterocycles. The van der Waals surface area contributed by atoms with Crippen molar-refractivity contribution in [3.63, 3.8) is 0 Å². The van der Waals surface area contributed by atoms with E-state index >= 15 is 0 Å². The Labute approximate surface area is 82.7 Å². The van der Waals surface area contributed by atoms with Gasteiger partial charge in [0.05, 0.1) is 6.67 Å². The summed E-state index contributed by atoms with van der Waals surface area (Å²) >= 11 is 0. The highest BCUT2D eigenvalue weighted by atomic mass is 19.1. The third kappa shape index (κ3) is 1.71. The van der Waals surface area contributed by atoms with Gasteiger partial charge in [0, 0.05) is 26.1 Å². The molecule has 1 aliphatic rings. The Balaban J connectivity index is 2.08. The molecule has 1 aliphatic heterocycles. The number of aromatic nitrogens is 3. The van der Waals surface area contributed by atoms with E-state index in [0.717, 1.165) is 31.9 Å². The van der Waals surface area contributed by atoms with Gasteiger partial charge in [-0.1, -0.05) is 0 Å². The van der Waals surface area contributed by atoms with Crippen LogP contribution in [0.2, 0.25) is 0 Å². The molecule has 0 amide bonds. The van der Waals surface area contributed by atoms with Gasteiger partial charge in [-0.2, -0.15) is 10.1 Å². The smallest absolute Gasteiger partial charge is 0.223 e. The number of hydrogen-bond acceptors (Lipinski definition) is 3. The van der Waals surface area contributed by atoms with Gasteiger partial charge in [0.25, 0.3) is 0 Å². The molecule has 2 heterocycles. The first kappa shape index (κ1) is 9.43. The van der Waals surface area contributed by atoms with Crippen molar-refractivity contribution in [2.45, 2.75) is 12.8 Å². The SMILES string of the molecule is Cn1ncnc1N1CCCC(CF)C1. The summed E-state index contributed by atoms with van der Waals surface area (Å²) in [5.41, 5.74) is 0. The van der Waals surface area contributed by atoms with Crippen LogP contribution in [0.25, 0.3) is 0 Å². The molecule has 5 heteroatoms. The predicted molar refractivity (Wildman–Crippen MR) is 51.9 cm³/mol. The van der Waals surface area contributed by atoms with Gasteiger partial charge >= 0.3 is 0 Å². The van der Waals surface area contributed by atoms with Gasteiger partial charge in [-0.05, 0) is 12.8 Å². The number of rotatable bonds is 2. The van der Waals surface area contributed by atoms with Gasteiger partial charge in [0.1, 0.15) is 6.33 Å². The van der Waals surface area contributed by atoms with Gasteiger partial charge in [-0.3, -0.25) is 4.39 Å². The quantitative estimate of drug-likeness (QED) is 0.711. The summed E-state index contributed by atoms with van der Waals surface area (Å²) in [6.07, 6.45) is 3.57. The first-order valence-electron chi connectivity index (χ1n) is 4.96. The summed E-state index contributed by atoms with van der Waals surface area (Å²) in [6.45, 7) is 1.50. The minimum Gasteiger partial charge on any atom is -0.341 e. The minimum atomic E-state index is -0.228. The molecule has 0 radical (unpaired) electrons. The molecule has 1 unspecified atom stereocenters. The second-order valence-corrected chi connectivity index (χ2v) is 3.79. The summed E-state index contributed by atoms with van der Waals surface area (Å²) in [6, 6.07) is 0. The second kappa shape index (κ2) is 3.94. The standard InChI is InChI=1S/C9H15FN4/c1-13-9(11-7-12-13)14-4-2-3-8(5-10)6-14/h7-8H,2-6H2,1H3. The highest BCUT2D eigenvalue weighted by molar-refractivity contribution is 5.29. The summed E-state index contributed by atoms with van der Waals surface area (Å²) in [5, 5.41) is 4.01. The predicted octanol–water partition coefficient (Wildman–Crippen LogP) is 1.00. The van der Waals surface area contributed by atoms with Crippen molar-refractivity contribution in [3.05, 3.63) is 6.33 Å². The van der Waals surface area contributed by atoms with Gasteiger partial charge in [-0.25, -0.2) is 4.68 Å². The Morgan fingerprint density at radius 1 is 1.64 bits per heavy atom. The number of halogens is 1. The summed E-state index contributed by atoms with van der Waals surface area (Å²) in [7, 11) is 1.86. The highest BCUT2D eigenvalue weighted by Gasteiger charge is 2.22. The fourth-order valence-corrected chi connectivity index (χ4v) is 1.95. The molecule has 0 aliphatic carbocycles. The lowest BCUT2D eigenvalue weighted by molar-refractivity contribution is 0.313. The number of alkyl halides is 1. The first-order chi connectivity index (χ1) is 6.81. The number of piperidine rings is 1. The third-order valence-corrected chi connectivity index (χ3v) is 2.71. The average molecular weight is 198 g/mol. The highest BCUT2D eigenvalue weighted by Crippen LogP contribution is 2.20. The Bertz CT molecular complexity index is 299. The first-order valence-corrected chi connectivity index (χ1v) is 4.96. The van der Waals surface area contributed by atoms with Crippen LogP contribution in [0.3, 0.4) is 0 Å². The maximum absolute atomic E-state index is 12.5. The number of aryl methyl sites for hydroxylation is 1. The van der Waals surface area contributed by atoms with Crippen LogP contribution < -0.4 is 4.90 Å². The van der Waals surface area contributed by atoms with Crippen molar-refractivity contribution in [2.75, 3.05) is 24.7 Å². The minimum absolute atomic E-state index is 0.167. The van der Waals surface area contributed by atoms with Gasteiger partial charge in [0.15, 0.2) is 0 Å². The third-order valence-electron chi connectivity index (χ3n) is 2.71. The Hall–Kier alpha value is -1.13. The van der Waals surface area contributed by atoms with E-state index in [1.165, 1.54) is 6.33 Å². The van der Waals surface area contributed by atoms with Crippen molar-refractivity contribution in [1.82, 2.24) is 14.8 Å².